The number of allylic oxidation sites excluding steroid dienone is 1. The van der Waals surface area contributed by atoms with E-state index < -0.39 is 12.0 Å². The van der Waals surface area contributed by atoms with Crippen LogP contribution in [0.2, 0.25) is 10.0 Å². The van der Waals surface area contributed by atoms with Crippen molar-refractivity contribution in [3.63, 3.8) is 0 Å². The van der Waals surface area contributed by atoms with E-state index in [1.54, 1.807) is 51.3 Å². The van der Waals surface area contributed by atoms with Crippen molar-refractivity contribution in [1.29, 1.82) is 0 Å². The minimum atomic E-state index is -0.704. The third-order valence-corrected chi connectivity index (χ3v) is 8.09. The number of carbonyl (C=O) groups excluding carboxylic acids is 1. The highest BCUT2D eigenvalue weighted by Crippen LogP contribution is 2.34. The summed E-state index contributed by atoms with van der Waals surface area (Å²) in [6.07, 6.45) is 1.67. The minimum Gasteiger partial charge on any atom is -0.493 e. The fraction of sp³-hybridized carbons (Fsp3) is 0.219. The molecule has 2 heterocycles. The molecule has 11 heteroatoms. The number of hydrogen-bond donors (Lipinski definition) is 0. The van der Waals surface area contributed by atoms with Crippen LogP contribution in [0, 0.1) is 0 Å². The Morgan fingerprint density at radius 3 is 2.44 bits per heavy atom. The molecule has 0 amide bonds. The lowest BCUT2D eigenvalue weighted by Gasteiger charge is -2.24. The summed E-state index contributed by atoms with van der Waals surface area (Å²) < 4.78 is 24.4. The highest BCUT2D eigenvalue weighted by atomic mass is 35.5. The number of benzene rings is 3. The van der Waals surface area contributed by atoms with Gasteiger partial charge in [0.15, 0.2) is 16.3 Å². The van der Waals surface area contributed by atoms with Crippen molar-refractivity contribution in [3.05, 3.63) is 119 Å². The highest BCUT2D eigenvalue weighted by Gasteiger charge is 2.33. The van der Waals surface area contributed by atoms with Crippen LogP contribution in [-0.4, -0.2) is 37.5 Å². The van der Waals surface area contributed by atoms with Gasteiger partial charge in [0, 0.05) is 10.6 Å². The van der Waals surface area contributed by atoms with Gasteiger partial charge in [-0.25, -0.2) is 9.79 Å². The first-order valence-corrected chi connectivity index (χ1v) is 15.0. The molecule has 4 aromatic rings. The Hall–Kier alpha value is -4.05. The molecule has 0 aliphatic carbocycles. The van der Waals surface area contributed by atoms with Crippen molar-refractivity contribution in [1.82, 2.24) is 4.57 Å². The minimum absolute atomic E-state index is 0.164. The first kappa shape index (κ1) is 30.4. The number of halogens is 2. The molecular formula is C32H28Cl2N2O6S. The molecule has 0 fully saturated rings. The molecule has 0 saturated carbocycles. The highest BCUT2D eigenvalue weighted by molar-refractivity contribution is 7.07. The second kappa shape index (κ2) is 13.5. The van der Waals surface area contributed by atoms with Gasteiger partial charge >= 0.3 is 5.97 Å². The van der Waals surface area contributed by atoms with E-state index in [1.165, 1.54) is 15.9 Å². The summed E-state index contributed by atoms with van der Waals surface area (Å²) in [6.45, 7) is 4.06. The van der Waals surface area contributed by atoms with E-state index >= 15 is 0 Å². The number of thiazole rings is 1. The van der Waals surface area contributed by atoms with Crippen LogP contribution < -0.4 is 29.1 Å². The SMILES string of the molecule is CCOC(=O)C1=C(C)N=c2sc(=Cc3cc(Cl)cc(Cl)c3OCCOc3ccccc3OC)c(=O)n2C1c1ccccc1. The summed E-state index contributed by atoms with van der Waals surface area (Å²) in [6, 6.07) is 19.2. The van der Waals surface area contributed by atoms with Gasteiger partial charge in [-0.15, -0.1) is 0 Å². The number of esters is 1. The van der Waals surface area contributed by atoms with E-state index in [0.717, 1.165) is 5.56 Å². The van der Waals surface area contributed by atoms with Gasteiger partial charge in [-0.05, 0) is 49.8 Å². The maximum atomic E-state index is 14.0. The molecule has 1 unspecified atom stereocenters. The summed E-state index contributed by atoms with van der Waals surface area (Å²) in [5.74, 6) is 1.03. The lowest BCUT2D eigenvalue weighted by atomic mass is 9.96. The lowest BCUT2D eigenvalue weighted by molar-refractivity contribution is -0.139. The summed E-state index contributed by atoms with van der Waals surface area (Å²) >= 11 is 14.1. The van der Waals surface area contributed by atoms with Crippen LogP contribution in [0.3, 0.4) is 0 Å². The third-order valence-electron chi connectivity index (χ3n) is 6.61. The number of carbonyl (C=O) groups is 1. The van der Waals surface area contributed by atoms with E-state index in [4.69, 9.17) is 42.1 Å². The van der Waals surface area contributed by atoms with Crippen LogP contribution in [0.15, 0.2) is 87.8 Å². The molecule has 1 aliphatic rings. The van der Waals surface area contributed by atoms with Crippen LogP contribution in [0.4, 0.5) is 0 Å². The Labute approximate surface area is 262 Å². The average molecular weight is 640 g/mol. The quantitative estimate of drug-likeness (QED) is 0.167. The number of para-hydroxylation sites is 2. The smallest absolute Gasteiger partial charge is 0.338 e. The van der Waals surface area contributed by atoms with Crippen molar-refractivity contribution >= 4 is 46.6 Å². The number of methoxy groups -OCH3 is 1. The van der Waals surface area contributed by atoms with E-state index in [0.29, 0.717) is 48.4 Å². The fourth-order valence-corrected chi connectivity index (χ4v) is 6.36. The van der Waals surface area contributed by atoms with Crippen LogP contribution in [-0.2, 0) is 9.53 Å². The molecule has 43 heavy (non-hydrogen) atoms. The topological polar surface area (TPSA) is 88.4 Å². The molecule has 0 radical (unpaired) electrons. The van der Waals surface area contributed by atoms with Crippen LogP contribution in [0.25, 0.3) is 6.08 Å². The fourth-order valence-electron chi connectivity index (χ4n) is 4.76. The van der Waals surface area contributed by atoms with Crippen molar-refractivity contribution in [2.45, 2.75) is 19.9 Å². The van der Waals surface area contributed by atoms with Crippen molar-refractivity contribution in [2.24, 2.45) is 4.99 Å². The average Bonchev–Trinajstić information content (AvgIpc) is 3.30. The van der Waals surface area contributed by atoms with Gasteiger partial charge in [0.2, 0.25) is 0 Å². The molecule has 1 atom stereocenters. The molecule has 5 rings (SSSR count). The molecule has 1 aromatic heterocycles. The Morgan fingerprint density at radius 1 is 1.02 bits per heavy atom. The largest absolute Gasteiger partial charge is 0.493 e. The normalized spacial score (nSPS) is 14.6. The monoisotopic (exact) mass is 638 g/mol. The maximum absolute atomic E-state index is 14.0. The zero-order valence-corrected chi connectivity index (χ0v) is 26.0. The Morgan fingerprint density at radius 2 is 1.72 bits per heavy atom. The van der Waals surface area contributed by atoms with Gasteiger partial charge in [-0.3, -0.25) is 9.36 Å². The third kappa shape index (κ3) is 6.49. The number of ether oxygens (including phenoxy) is 4. The molecule has 222 valence electrons. The zero-order chi connectivity index (χ0) is 30.5. The number of fused-ring (bicyclic) bond motifs is 1. The Kier molecular flexibility index (Phi) is 9.55. The summed E-state index contributed by atoms with van der Waals surface area (Å²) in [7, 11) is 1.57. The van der Waals surface area contributed by atoms with Gasteiger partial charge in [0.05, 0.1) is 40.6 Å². The molecule has 0 bridgehead atoms. The number of hydrogen-bond acceptors (Lipinski definition) is 8. The lowest BCUT2D eigenvalue weighted by Crippen LogP contribution is -2.39. The van der Waals surface area contributed by atoms with E-state index in [1.807, 2.05) is 42.5 Å². The predicted molar refractivity (Wildman–Crippen MR) is 167 cm³/mol. The second-order valence-electron chi connectivity index (χ2n) is 9.37. The first-order valence-electron chi connectivity index (χ1n) is 13.4. The molecule has 0 spiro atoms. The van der Waals surface area contributed by atoms with Gasteiger partial charge < -0.3 is 18.9 Å². The van der Waals surface area contributed by atoms with Crippen LogP contribution in [0.5, 0.6) is 17.2 Å². The van der Waals surface area contributed by atoms with Gasteiger partial charge in [0.1, 0.15) is 19.0 Å². The van der Waals surface area contributed by atoms with Crippen molar-refractivity contribution < 1.29 is 23.7 Å². The Bertz CT molecular complexity index is 1870. The predicted octanol–water partition coefficient (Wildman–Crippen LogP) is 5.57. The molecule has 0 saturated heterocycles. The van der Waals surface area contributed by atoms with Crippen molar-refractivity contribution in [3.8, 4) is 17.2 Å². The standard InChI is InChI=1S/C32H28Cl2N2O6S/c1-4-40-31(38)27-19(2)35-32-36(28(27)20-10-6-5-7-11-20)30(37)26(43-32)17-21-16-22(33)18-23(34)29(21)42-15-14-41-25-13-9-8-12-24(25)39-3/h5-13,16-18,28H,4,14-15H2,1-3H3. The number of rotatable bonds is 10. The number of aromatic nitrogens is 1. The van der Waals surface area contributed by atoms with Crippen LogP contribution in [0.1, 0.15) is 31.0 Å². The molecule has 3 aromatic carbocycles. The van der Waals surface area contributed by atoms with E-state index in [2.05, 4.69) is 4.99 Å². The summed E-state index contributed by atoms with van der Waals surface area (Å²) in [5.41, 5.74) is 1.75. The molecular weight excluding hydrogens is 611 g/mol. The van der Waals surface area contributed by atoms with Crippen molar-refractivity contribution in [2.75, 3.05) is 26.9 Å². The second-order valence-corrected chi connectivity index (χ2v) is 11.2. The van der Waals surface area contributed by atoms with Gasteiger partial charge in [-0.2, -0.15) is 0 Å². The first-order chi connectivity index (χ1) is 20.8. The van der Waals surface area contributed by atoms with Gasteiger partial charge in [-0.1, -0.05) is 77.0 Å². The molecule has 0 N–H and O–H groups in total. The maximum Gasteiger partial charge on any atom is 0.338 e. The molecule has 8 nitrogen and oxygen atoms in total. The van der Waals surface area contributed by atoms with E-state index in [9.17, 15) is 9.59 Å². The Balaban J connectivity index is 1.52. The summed E-state index contributed by atoms with van der Waals surface area (Å²) in [5, 5.41) is 0.663. The number of nitrogens with zero attached hydrogens (tertiary/aromatic N) is 2. The zero-order valence-electron chi connectivity index (χ0n) is 23.6. The van der Waals surface area contributed by atoms with E-state index in [-0.39, 0.29) is 30.4 Å². The van der Waals surface area contributed by atoms with Crippen LogP contribution >= 0.6 is 34.5 Å². The summed E-state index contributed by atoms with van der Waals surface area (Å²) in [4.78, 5) is 32.1. The van der Waals surface area contributed by atoms with Gasteiger partial charge in [0.25, 0.3) is 5.56 Å². The molecule has 1 aliphatic heterocycles.